The molecule has 0 heterocycles. The number of halogens is 4. The molecule has 2 nitrogen and oxygen atoms in total. The zero-order chi connectivity index (χ0) is 24.6. The van der Waals surface area contributed by atoms with Gasteiger partial charge < -0.3 is 17.3 Å². The van der Waals surface area contributed by atoms with Crippen molar-refractivity contribution in [2.45, 2.75) is 6.16 Å². The summed E-state index contributed by atoms with van der Waals surface area (Å²) >= 11 is 0. The van der Waals surface area contributed by atoms with Crippen molar-refractivity contribution < 1.29 is 27.2 Å². The Kier molecular flexibility index (Phi) is 8.24. The fourth-order valence-corrected chi connectivity index (χ4v) is 8.82. The van der Waals surface area contributed by atoms with Gasteiger partial charge in [-0.3, -0.25) is 0 Å². The first-order valence-corrected chi connectivity index (χ1v) is 12.8. The molecule has 0 saturated carbocycles. The van der Waals surface area contributed by atoms with E-state index in [1.807, 2.05) is 30.3 Å². The van der Waals surface area contributed by atoms with Gasteiger partial charge in [0.25, 0.3) is 0 Å². The van der Waals surface area contributed by atoms with Crippen molar-refractivity contribution in [3.63, 3.8) is 0 Å². The molecule has 0 atom stereocenters. The molecule has 0 spiro atoms. The maximum absolute atomic E-state index is 11.4. The molecule has 4 aromatic rings. The zero-order valence-corrected chi connectivity index (χ0v) is 19.1. The molecule has 0 radical (unpaired) electrons. The van der Waals surface area contributed by atoms with E-state index in [0.29, 0.717) is 5.56 Å². The molecule has 1 N–H and O–H groups in total. The Hall–Kier alpha value is -3.44. The summed E-state index contributed by atoms with van der Waals surface area (Å²) in [6.45, 7) is 0. The number of aldehydes is 1. The van der Waals surface area contributed by atoms with E-state index in [-0.39, 0.29) is 5.75 Å². The predicted molar refractivity (Wildman–Crippen MR) is 134 cm³/mol. The normalized spacial score (nSPS) is 11.8. The molecule has 0 aliphatic carbocycles. The van der Waals surface area contributed by atoms with Gasteiger partial charge in [0, 0.05) is 0 Å². The molecule has 0 fully saturated rings. The summed E-state index contributed by atoms with van der Waals surface area (Å²) in [6, 6.07) is 37.4. The SMILES string of the molecule is F[B-](F)(F)F.O=Cc1cc(C[PH](c2ccccc2)(c2ccccc2)c2ccccc2)ccc1O. The predicted octanol–water partition coefficient (Wildman–Crippen LogP) is 5.73. The van der Waals surface area contributed by atoms with Gasteiger partial charge in [0.05, 0.1) is 0 Å². The van der Waals surface area contributed by atoms with Gasteiger partial charge in [-0.1, -0.05) is 0 Å². The van der Waals surface area contributed by atoms with Crippen LogP contribution in [0.3, 0.4) is 0 Å². The number of hydrogen-bond acceptors (Lipinski definition) is 2. The summed E-state index contributed by atoms with van der Waals surface area (Å²) in [5.74, 6) is 0.0233. The first-order chi connectivity index (χ1) is 16.2. The molecule has 0 saturated heterocycles. The first kappa shape index (κ1) is 25.2. The molecule has 0 bridgehead atoms. The Morgan fingerprint density at radius 2 is 1.06 bits per heavy atom. The quantitative estimate of drug-likeness (QED) is 0.164. The Morgan fingerprint density at radius 1 is 0.676 bits per heavy atom. The van der Waals surface area contributed by atoms with Gasteiger partial charge in [-0.15, -0.1) is 0 Å². The molecule has 0 aromatic heterocycles. The maximum atomic E-state index is 11.4. The Morgan fingerprint density at radius 3 is 1.41 bits per heavy atom. The van der Waals surface area contributed by atoms with Gasteiger partial charge in [-0.2, -0.15) is 0 Å². The molecule has 4 rings (SSSR count). The van der Waals surface area contributed by atoms with Crippen molar-refractivity contribution in [2.75, 3.05) is 0 Å². The van der Waals surface area contributed by atoms with E-state index in [1.54, 1.807) is 6.07 Å². The van der Waals surface area contributed by atoms with Gasteiger partial charge in [-0.05, 0) is 0 Å². The van der Waals surface area contributed by atoms with E-state index < -0.39 is 14.5 Å². The molecule has 0 aliphatic heterocycles. The minimum absolute atomic E-state index is 0.0233. The zero-order valence-electron chi connectivity index (χ0n) is 18.1. The molecule has 0 amide bonds. The molecule has 176 valence electrons. The number of benzene rings is 4. The van der Waals surface area contributed by atoms with Gasteiger partial charge >= 0.3 is 179 Å². The Balaban J connectivity index is 0.000000588. The van der Waals surface area contributed by atoms with E-state index in [4.69, 9.17) is 0 Å². The summed E-state index contributed by atoms with van der Waals surface area (Å²) in [4.78, 5) is 11.4. The summed E-state index contributed by atoms with van der Waals surface area (Å²) in [5.41, 5.74) is 1.38. The van der Waals surface area contributed by atoms with E-state index in [0.717, 1.165) is 18.0 Å². The minimum atomic E-state index is -6.00. The van der Waals surface area contributed by atoms with Crippen LogP contribution in [0.5, 0.6) is 5.75 Å². The van der Waals surface area contributed by atoms with Crippen LogP contribution in [-0.4, -0.2) is 18.6 Å². The number of hydrogen-bond donors (Lipinski definition) is 1. The van der Waals surface area contributed by atoms with E-state index >= 15 is 0 Å². The molecule has 4 aromatic carbocycles. The topological polar surface area (TPSA) is 37.3 Å². The summed E-state index contributed by atoms with van der Waals surface area (Å²) < 4.78 is 39.0. The van der Waals surface area contributed by atoms with Crippen LogP contribution < -0.4 is 15.9 Å². The van der Waals surface area contributed by atoms with Crippen molar-refractivity contribution in [1.82, 2.24) is 0 Å². The fourth-order valence-electron chi connectivity index (χ4n) is 4.09. The van der Waals surface area contributed by atoms with Crippen molar-refractivity contribution in [3.05, 3.63) is 120 Å². The number of carbonyl (C=O) groups is 1. The molecule has 34 heavy (non-hydrogen) atoms. The van der Waals surface area contributed by atoms with Crippen molar-refractivity contribution in [2.24, 2.45) is 0 Å². The number of phenolic OH excluding ortho intramolecular Hbond substituents is 1. The Bertz CT molecular complexity index is 1100. The molecule has 0 unspecified atom stereocenters. The van der Waals surface area contributed by atoms with E-state index in [9.17, 15) is 27.2 Å². The monoisotopic (exact) mass is 485 g/mol. The first-order valence-electron chi connectivity index (χ1n) is 10.5. The number of aromatic hydroxyl groups is 1. The number of rotatable bonds is 6. The van der Waals surface area contributed by atoms with Crippen molar-refractivity contribution in [1.29, 1.82) is 0 Å². The summed E-state index contributed by atoms with van der Waals surface area (Å²) in [6.07, 6.45) is 1.52. The second-order valence-corrected chi connectivity index (χ2v) is 11.6. The molecular formula is C26H23BF4O2P-. The fraction of sp³-hybridized carbons (Fsp3) is 0.0385. The van der Waals surface area contributed by atoms with Gasteiger partial charge in [-0.25, -0.2) is 0 Å². The second kappa shape index (κ2) is 11.1. The molecule has 8 heteroatoms. The van der Waals surface area contributed by atoms with Crippen molar-refractivity contribution in [3.8, 4) is 5.75 Å². The van der Waals surface area contributed by atoms with Gasteiger partial charge in [0.1, 0.15) is 0 Å². The average molecular weight is 485 g/mol. The standard InChI is InChI=1S/C26H23O2P.BF4/c27-19-22-18-21(16-17-26(22)28)20-29(23-10-4-1-5-11-23,24-12-6-2-7-13-24)25-14-8-3-9-15-25;2-1(3,4)5/h1-19,28-29H,20H2;/q;-1. The van der Waals surface area contributed by atoms with Crippen LogP contribution in [0.1, 0.15) is 15.9 Å². The second-order valence-electron chi connectivity index (χ2n) is 7.69. The number of carbonyl (C=O) groups excluding carboxylic acids is 1. The van der Waals surface area contributed by atoms with Crippen LogP contribution >= 0.6 is 7.26 Å². The van der Waals surface area contributed by atoms with Crippen LogP contribution in [-0.2, 0) is 6.16 Å². The van der Waals surface area contributed by atoms with Crippen LogP contribution in [0.2, 0.25) is 0 Å². The number of phenols is 1. The van der Waals surface area contributed by atoms with Crippen LogP contribution in [0.25, 0.3) is 0 Å². The summed E-state index contributed by atoms with van der Waals surface area (Å²) in [7, 11) is -8.42. The van der Waals surface area contributed by atoms with Crippen molar-refractivity contribution >= 4 is 36.7 Å². The molecule has 0 aliphatic rings. The summed E-state index contributed by atoms with van der Waals surface area (Å²) in [5, 5.41) is 13.9. The third-order valence-electron chi connectivity index (χ3n) is 5.49. The third kappa shape index (κ3) is 6.33. The van der Waals surface area contributed by atoms with Gasteiger partial charge in [0.2, 0.25) is 0 Å². The average Bonchev–Trinajstić information content (AvgIpc) is 2.84. The van der Waals surface area contributed by atoms with Crippen LogP contribution in [0.15, 0.2) is 109 Å². The van der Waals surface area contributed by atoms with Gasteiger partial charge in [0.15, 0.2) is 0 Å². The van der Waals surface area contributed by atoms with Crippen LogP contribution in [0, 0.1) is 0 Å². The Labute approximate surface area is 196 Å². The van der Waals surface area contributed by atoms with E-state index in [1.165, 1.54) is 15.9 Å². The van der Waals surface area contributed by atoms with E-state index in [2.05, 4.69) is 72.8 Å². The third-order valence-corrected chi connectivity index (χ3v) is 10.4. The molecular weight excluding hydrogens is 462 g/mol. The van der Waals surface area contributed by atoms with Crippen LogP contribution in [0.4, 0.5) is 17.3 Å².